The molecule has 126 valence electrons. The fourth-order valence-electron chi connectivity index (χ4n) is 1.80. The summed E-state index contributed by atoms with van der Waals surface area (Å²) in [7, 11) is -3.37. The van der Waals surface area contributed by atoms with Gasteiger partial charge in [-0.2, -0.15) is 0 Å². The second-order valence-corrected chi connectivity index (χ2v) is 7.13. The molecule has 1 aromatic heterocycles. The summed E-state index contributed by atoms with van der Waals surface area (Å²) in [4.78, 5) is 27.6. The van der Waals surface area contributed by atoms with Crippen molar-refractivity contribution in [2.45, 2.75) is 11.8 Å². The normalized spacial score (nSPS) is 10.9. The van der Waals surface area contributed by atoms with Gasteiger partial charge < -0.3 is 10.1 Å². The van der Waals surface area contributed by atoms with Crippen molar-refractivity contribution in [3.05, 3.63) is 53.9 Å². The zero-order valence-electron chi connectivity index (χ0n) is 13.1. The van der Waals surface area contributed by atoms with E-state index in [1.54, 1.807) is 19.1 Å². The Morgan fingerprint density at radius 3 is 2.58 bits per heavy atom. The van der Waals surface area contributed by atoms with Crippen LogP contribution < -0.4 is 5.32 Å². The molecule has 0 radical (unpaired) electrons. The van der Waals surface area contributed by atoms with Gasteiger partial charge in [0, 0.05) is 23.8 Å². The maximum Gasteiger partial charge on any atom is 0.340 e. The van der Waals surface area contributed by atoms with Gasteiger partial charge in [-0.25, -0.2) is 13.2 Å². The van der Waals surface area contributed by atoms with Gasteiger partial charge in [0.05, 0.1) is 10.5 Å². The number of nitrogens with zero attached hydrogens (tertiary/aromatic N) is 1. The number of carbonyl (C=O) groups is 2. The number of sulfone groups is 1. The van der Waals surface area contributed by atoms with E-state index in [0.717, 1.165) is 11.9 Å². The van der Waals surface area contributed by atoms with E-state index in [0.29, 0.717) is 5.69 Å². The lowest BCUT2D eigenvalue weighted by molar-refractivity contribution is -0.119. The number of aryl methyl sites for hydroxylation is 1. The van der Waals surface area contributed by atoms with E-state index in [9.17, 15) is 18.0 Å². The number of anilines is 1. The van der Waals surface area contributed by atoms with Gasteiger partial charge in [0.25, 0.3) is 5.91 Å². The number of amides is 1. The number of esters is 1. The van der Waals surface area contributed by atoms with Gasteiger partial charge in [-0.05, 0) is 37.3 Å². The summed E-state index contributed by atoms with van der Waals surface area (Å²) >= 11 is 0. The highest BCUT2D eigenvalue weighted by molar-refractivity contribution is 7.90. The lowest BCUT2D eigenvalue weighted by Crippen LogP contribution is -2.21. The molecule has 1 amide bonds. The van der Waals surface area contributed by atoms with Crippen molar-refractivity contribution >= 4 is 27.4 Å². The van der Waals surface area contributed by atoms with Crippen LogP contribution in [0.1, 0.15) is 16.1 Å². The number of hydrogen-bond donors (Lipinski definition) is 1. The summed E-state index contributed by atoms with van der Waals surface area (Å²) in [5.41, 5.74) is 1.30. The van der Waals surface area contributed by atoms with Crippen LogP contribution >= 0.6 is 0 Å². The summed E-state index contributed by atoms with van der Waals surface area (Å²) < 4.78 is 27.8. The van der Waals surface area contributed by atoms with Gasteiger partial charge in [0.15, 0.2) is 16.4 Å². The van der Waals surface area contributed by atoms with Crippen molar-refractivity contribution in [1.29, 1.82) is 0 Å². The van der Waals surface area contributed by atoms with Crippen LogP contribution in [0, 0.1) is 6.92 Å². The highest BCUT2D eigenvalue weighted by Gasteiger charge is 2.12. The number of ether oxygens (including phenoxy) is 1. The second kappa shape index (κ2) is 7.22. The molecule has 0 unspecified atom stereocenters. The fourth-order valence-corrected chi connectivity index (χ4v) is 2.47. The number of aromatic nitrogens is 1. The molecular weight excluding hydrogens is 332 g/mol. The number of pyridine rings is 1. The van der Waals surface area contributed by atoms with Gasteiger partial charge in [-0.3, -0.25) is 9.78 Å². The largest absolute Gasteiger partial charge is 0.452 e. The fraction of sp³-hybridized carbons (Fsp3) is 0.188. The Bertz CT molecular complexity index is 860. The molecule has 8 heteroatoms. The molecule has 7 nitrogen and oxygen atoms in total. The van der Waals surface area contributed by atoms with Gasteiger partial charge in [0.1, 0.15) is 0 Å². The first-order valence-corrected chi connectivity index (χ1v) is 8.84. The number of nitrogens with one attached hydrogen (secondary N) is 1. The van der Waals surface area contributed by atoms with E-state index in [-0.39, 0.29) is 10.5 Å². The Morgan fingerprint density at radius 2 is 1.96 bits per heavy atom. The van der Waals surface area contributed by atoms with Crippen LogP contribution in [-0.2, 0) is 19.4 Å². The van der Waals surface area contributed by atoms with Crippen LogP contribution in [0.15, 0.2) is 47.5 Å². The molecular formula is C16H16N2O5S. The van der Waals surface area contributed by atoms with Crippen molar-refractivity contribution in [3.8, 4) is 0 Å². The summed E-state index contributed by atoms with van der Waals surface area (Å²) in [6, 6.07) is 9.02. The number of rotatable bonds is 5. The SMILES string of the molecule is Cc1ccc(C(=O)OCC(=O)Nc2cccc(S(C)(=O)=O)c2)cn1. The van der Waals surface area contributed by atoms with E-state index in [2.05, 4.69) is 10.3 Å². The minimum atomic E-state index is -3.37. The summed E-state index contributed by atoms with van der Waals surface area (Å²) in [6.45, 7) is 1.29. The van der Waals surface area contributed by atoms with E-state index >= 15 is 0 Å². The Balaban J connectivity index is 1.94. The Labute approximate surface area is 139 Å². The molecule has 0 saturated carbocycles. The van der Waals surface area contributed by atoms with Crippen LogP contribution in [-0.4, -0.2) is 38.1 Å². The predicted molar refractivity (Wildman–Crippen MR) is 87.4 cm³/mol. The molecule has 1 aromatic carbocycles. The van der Waals surface area contributed by atoms with Crippen LogP contribution in [0.2, 0.25) is 0 Å². The first-order valence-electron chi connectivity index (χ1n) is 6.95. The van der Waals surface area contributed by atoms with E-state index in [1.165, 1.54) is 30.5 Å². The van der Waals surface area contributed by atoms with Gasteiger partial charge in [-0.1, -0.05) is 6.07 Å². The highest BCUT2D eigenvalue weighted by Crippen LogP contribution is 2.15. The third-order valence-electron chi connectivity index (χ3n) is 3.03. The van der Waals surface area contributed by atoms with Crippen molar-refractivity contribution in [3.63, 3.8) is 0 Å². The first-order chi connectivity index (χ1) is 11.3. The van der Waals surface area contributed by atoms with Crippen molar-refractivity contribution in [2.24, 2.45) is 0 Å². The average molecular weight is 348 g/mol. The van der Waals surface area contributed by atoms with Crippen molar-refractivity contribution < 1.29 is 22.7 Å². The molecule has 0 aliphatic carbocycles. The third kappa shape index (κ3) is 4.88. The standard InChI is InChI=1S/C16H16N2O5S/c1-11-6-7-12(9-17-11)16(20)23-10-15(19)18-13-4-3-5-14(8-13)24(2,21)22/h3-9H,10H2,1-2H3,(H,18,19). The Kier molecular flexibility index (Phi) is 5.30. The van der Waals surface area contributed by atoms with Crippen molar-refractivity contribution in [1.82, 2.24) is 4.98 Å². The minimum Gasteiger partial charge on any atom is -0.452 e. The number of hydrogen-bond acceptors (Lipinski definition) is 6. The average Bonchev–Trinajstić information content (AvgIpc) is 2.53. The van der Waals surface area contributed by atoms with Gasteiger partial charge in [0.2, 0.25) is 0 Å². The highest BCUT2D eigenvalue weighted by atomic mass is 32.2. The molecule has 1 heterocycles. The molecule has 0 saturated heterocycles. The molecule has 0 spiro atoms. The van der Waals surface area contributed by atoms with Crippen LogP contribution in [0.5, 0.6) is 0 Å². The summed E-state index contributed by atoms with van der Waals surface area (Å²) in [5, 5.41) is 2.47. The molecule has 2 aromatic rings. The Morgan fingerprint density at radius 1 is 1.21 bits per heavy atom. The van der Waals surface area contributed by atoms with E-state index in [1.807, 2.05) is 0 Å². The quantitative estimate of drug-likeness (QED) is 0.823. The molecule has 24 heavy (non-hydrogen) atoms. The number of benzene rings is 1. The first kappa shape index (κ1) is 17.6. The predicted octanol–water partition coefficient (Wildman–Crippen LogP) is 1.59. The Hall–Kier alpha value is -2.74. The molecule has 1 N–H and O–H groups in total. The molecule has 0 aliphatic rings. The minimum absolute atomic E-state index is 0.0861. The summed E-state index contributed by atoms with van der Waals surface area (Å²) in [5.74, 6) is -1.24. The van der Waals surface area contributed by atoms with E-state index in [4.69, 9.17) is 4.74 Å². The van der Waals surface area contributed by atoms with Crippen molar-refractivity contribution in [2.75, 3.05) is 18.2 Å². The molecule has 0 aliphatic heterocycles. The second-order valence-electron chi connectivity index (χ2n) is 5.11. The lowest BCUT2D eigenvalue weighted by Gasteiger charge is -2.08. The zero-order valence-corrected chi connectivity index (χ0v) is 14.0. The lowest BCUT2D eigenvalue weighted by atomic mass is 10.2. The monoisotopic (exact) mass is 348 g/mol. The van der Waals surface area contributed by atoms with Crippen LogP contribution in [0.25, 0.3) is 0 Å². The third-order valence-corrected chi connectivity index (χ3v) is 4.14. The molecule has 0 fully saturated rings. The zero-order chi connectivity index (χ0) is 17.7. The topological polar surface area (TPSA) is 102 Å². The molecule has 2 rings (SSSR count). The maximum absolute atomic E-state index is 11.8. The smallest absolute Gasteiger partial charge is 0.340 e. The molecule has 0 atom stereocenters. The molecule has 0 bridgehead atoms. The van der Waals surface area contributed by atoms with Crippen LogP contribution in [0.3, 0.4) is 0 Å². The van der Waals surface area contributed by atoms with Gasteiger partial charge >= 0.3 is 5.97 Å². The van der Waals surface area contributed by atoms with Gasteiger partial charge in [-0.15, -0.1) is 0 Å². The van der Waals surface area contributed by atoms with Crippen LogP contribution in [0.4, 0.5) is 5.69 Å². The maximum atomic E-state index is 11.8. The summed E-state index contributed by atoms with van der Waals surface area (Å²) in [6.07, 6.45) is 2.44. The number of carbonyl (C=O) groups excluding carboxylic acids is 2. The van der Waals surface area contributed by atoms with E-state index < -0.39 is 28.3 Å².